The summed E-state index contributed by atoms with van der Waals surface area (Å²) in [6.07, 6.45) is 23.4. The number of nitrogens with two attached hydrogens (primary N) is 5. The number of likely N-dealkylation sites (N-methyl/N-ethyl adjacent to an activating group) is 1. The summed E-state index contributed by atoms with van der Waals surface area (Å²) in [6.45, 7) is 18.3. The molecule has 0 spiro atoms. The van der Waals surface area contributed by atoms with E-state index in [4.69, 9.17) is 84.8 Å². The van der Waals surface area contributed by atoms with E-state index in [2.05, 4.69) is 83.2 Å². The minimum Gasteiger partial charge on any atom is -1.00 e. The summed E-state index contributed by atoms with van der Waals surface area (Å²) >= 11 is 21.0. The fourth-order valence-electron chi connectivity index (χ4n) is 11.1. The second-order valence-electron chi connectivity index (χ2n) is 28.7. The molecular formula is C70H110AlCl3I2LiN16O12S3Si. The van der Waals surface area contributed by atoms with Crippen molar-refractivity contribution in [3.8, 4) is 12.0 Å². The van der Waals surface area contributed by atoms with Crippen LogP contribution in [-0.2, 0) is 39.6 Å². The number of piperazine rings is 3. The predicted octanol–water partition coefficient (Wildman–Crippen LogP) is 6.41. The normalized spacial score (nSPS) is 18.0. The van der Waals surface area contributed by atoms with Gasteiger partial charge in [0, 0.05) is 131 Å². The molecule has 0 atom stereocenters. The Balaban J connectivity index is 0.000000644. The molecule has 603 valence electrons. The topological polar surface area (TPSA) is 428 Å². The van der Waals surface area contributed by atoms with Crippen molar-refractivity contribution in [2.75, 3.05) is 121 Å². The Labute approximate surface area is 713 Å². The minimum atomic E-state index is -3.56. The van der Waals surface area contributed by atoms with Crippen molar-refractivity contribution >= 4 is 170 Å². The zero-order valence-corrected chi connectivity index (χ0v) is 75.0. The molecule has 0 bridgehead atoms. The number of anilines is 4. The number of aromatic nitrogens is 4. The van der Waals surface area contributed by atoms with E-state index in [0.717, 1.165) is 83.8 Å². The number of aliphatic carboxylic acids is 1. The standard InChI is InChI=1S/C15H23N3O4S.C11H15ClIN3O.C11H17N3O2S.C10H15N3O2S.C7H13NO2.C7H15NO.C5H10Si.C4HCl2IN2.Al.Li.H/c1-15(2,3)22-14(19)17-8-10-18(11-9-17)23(20,21)13-6-4-12(16)5-7-13;12-10-14-6-8(13)9(15-10)16-11(7-17)4-2-1-3-5-11;1-13-6-8-14(9-7-13)17(15,16)11-4-2-10(12)3-5-11;11-9-1-3-10(4-2-9)16(14,15)13-7-5-12-6-8-13;8-7(6(9)10)4-2-1-3-5-7;8-7(6-9)4-2-1-3-5-7;1-5-6(2,3)4;5-3-2(7)1-8-4(6)9-3;;;/h4-7H,8-11,16H2,1-3H3;6,17H,1-5,7H2,(H,14,15,16);2-5H,6-9,12H2,1H3;1-4,12H,5-8,11H2;1-5,8H2,(H,9,10);9H,1-6,8H2;1H,2-4H3;1H;;;/q;;;;;;;;;+1;-1. The molecule has 5 heterocycles. The summed E-state index contributed by atoms with van der Waals surface area (Å²) in [5, 5.41) is 34.4. The molecule has 109 heavy (non-hydrogen) atoms. The van der Waals surface area contributed by atoms with E-state index in [1.807, 2.05) is 29.6 Å². The van der Waals surface area contributed by atoms with Gasteiger partial charge in [-0.15, -0.1) is 12.0 Å². The van der Waals surface area contributed by atoms with E-state index >= 15 is 0 Å². The van der Waals surface area contributed by atoms with Crippen LogP contribution in [0, 0.1) is 19.1 Å². The number of nitrogens with one attached hydrogen (secondary N) is 2. The van der Waals surface area contributed by atoms with E-state index in [9.17, 15) is 39.9 Å². The maximum atomic E-state index is 12.6. The number of aliphatic hydroxyl groups excluding tert-OH is 2. The number of sulfonamides is 3. The second-order valence-corrected chi connectivity index (χ2v) is 42.6. The van der Waals surface area contributed by atoms with Crippen LogP contribution in [0.5, 0.6) is 0 Å². The van der Waals surface area contributed by atoms with Crippen LogP contribution < -0.4 is 58.2 Å². The SMILES string of the molecule is C#C[Si](C)(C)C.CC(C)(C)OC(=O)N1CCN(S(=O)(=O)c2ccc(N)cc2)CC1.CN1CCN(S(=O)(=O)c2ccc(N)cc2)CC1.Clc1ncc(I)c(Cl)n1.NC1(C(=O)O)CCCCC1.NC1(CO)CCCCC1.Nc1ccc(S(=O)(=O)N2CCNCC2)cc1.OCC1(Nc2nc(Cl)ncc2I)CCCCC1.[Al].[H-].[Li+]. The molecule has 3 saturated carbocycles. The molecule has 3 saturated heterocycles. The van der Waals surface area contributed by atoms with Crippen LogP contribution >= 0.6 is 80.0 Å². The Morgan fingerprint density at radius 3 is 1.30 bits per heavy atom. The molecule has 2 aromatic heterocycles. The summed E-state index contributed by atoms with van der Waals surface area (Å²) < 4.78 is 85.4. The zero-order valence-electron chi connectivity index (χ0n) is 64.8. The number of ether oxygens (including phenoxy) is 1. The number of nitrogen functional groups attached to an aromatic ring is 3. The van der Waals surface area contributed by atoms with Gasteiger partial charge in [-0.1, -0.05) is 89.0 Å². The largest absolute Gasteiger partial charge is 1.00 e. The number of carboxylic acids is 1. The van der Waals surface area contributed by atoms with Crippen molar-refractivity contribution < 1.29 is 75.2 Å². The number of benzene rings is 3. The van der Waals surface area contributed by atoms with Crippen LogP contribution in [0.2, 0.25) is 35.4 Å². The maximum absolute atomic E-state index is 12.6. The first-order chi connectivity index (χ1) is 50.0. The Hall–Kier alpha value is -3.51. The molecule has 6 fully saturated rings. The summed E-state index contributed by atoms with van der Waals surface area (Å²) in [5.74, 6) is -0.117. The number of carbonyl (C=O) groups excluding carboxylic acids is 1. The molecule has 39 heteroatoms. The molecular weight excluding hydrogens is 1780 g/mol. The van der Waals surface area contributed by atoms with Gasteiger partial charge in [-0.2, -0.15) is 17.9 Å². The Kier molecular flexibility index (Phi) is 44.8. The first-order valence-electron chi connectivity index (χ1n) is 35.3. The third kappa shape index (κ3) is 35.6. The fraction of sp³-hybridized carbons (Fsp3) is 0.571. The molecule has 3 aromatic carbocycles. The molecule has 3 aliphatic heterocycles. The van der Waals surface area contributed by atoms with Gasteiger partial charge >= 0.3 is 30.9 Å². The van der Waals surface area contributed by atoms with Crippen molar-refractivity contribution in [1.29, 1.82) is 0 Å². The van der Waals surface area contributed by atoms with Gasteiger partial charge in [-0.05, 0) is 208 Å². The van der Waals surface area contributed by atoms with Crippen LogP contribution in [0.25, 0.3) is 0 Å². The third-order valence-electron chi connectivity index (χ3n) is 17.6. The molecule has 11 rings (SSSR count). The van der Waals surface area contributed by atoms with E-state index in [1.54, 1.807) is 93.8 Å². The number of rotatable bonds is 11. The molecule has 0 unspecified atom stereocenters. The Morgan fingerprint density at radius 2 is 0.972 bits per heavy atom. The van der Waals surface area contributed by atoms with E-state index in [0.29, 0.717) is 97.2 Å². The van der Waals surface area contributed by atoms with Crippen LogP contribution in [0.1, 0.15) is 119 Å². The number of terminal acetylenes is 1. The summed E-state index contributed by atoms with van der Waals surface area (Å²) in [6, 6.07) is 18.8. The molecule has 6 aliphatic rings. The van der Waals surface area contributed by atoms with Gasteiger partial charge in [0.2, 0.25) is 40.6 Å². The molecule has 1 amide bonds. The maximum Gasteiger partial charge on any atom is 1.00 e. The average Bonchev–Trinajstić information content (AvgIpc) is 0.824. The van der Waals surface area contributed by atoms with Gasteiger partial charge in [-0.3, -0.25) is 4.79 Å². The van der Waals surface area contributed by atoms with Crippen molar-refractivity contribution in [2.45, 2.75) is 174 Å². The van der Waals surface area contributed by atoms with Gasteiger partial charge in [0.15, 0.2) is 0 Å². The third-order valence-corrected chi connectivity index (χ3v) is 26.8. The number of halogens is 5. The van der Waals surface area contributed by atoms with E-state index in [-0.39, 0.29) is 90.5 Å². The number of nitrogens with zero attached hydrogens (tertiary/aromatic N) is 9. The summed E-state index contributed by atoms with van der Waals surface area (Å²) in [5.41, 5.74) is 30.5. The molecule has 15 N–H and O–H groups in total. The summed E-state index contributed by atoms with van der Waals surface area (Å²) in [4.78, 5) is 42.5. The summed E-state index contributed by atoms with van der Waals surface area (Å²) in [7, 11) is -9.37. The molecule has 3 aliphatic carbocycles. The quantitative estimate of drug-likeness (QED) is 0.0170. The number of hydrogen-bond donors (Lipinski definition) is 10. The van der Waals surface area contributed by atoms with Crippen molar-refractivity contribution in [3.63, 3.8) is 0 Å². The monoisotopic (exact) mass is 1880 g/mol. The number of aliphatic hydroxyl groups is 2. The number of amides is 1. The Morgan fingerprint density at radius 1 is 0.615 bits per heavy atom. The van der Waals surface area contributed by atoms with E-state index < -0.39 is 61.3 Å². The van der Waals surface area contributed by atoms with Gasteiger partial charge in [0.25, 0.3) is 0 Å². The van der Waals surface area contributed by atoms with Crippen LogP contribution in [0.4, 0.5) is 27.7 Å². The van der Waals surface area contributed by atoms with Gasteiger partial charge in [0.1, 0.15) is 30.2 Å². The molecule has 3 radical (unpaired) electrons. The first-order valence-corrected chi connectivity index (χ1v) is 46.4. The number of carbonyl (C=O) groups is 2. The minimum absolute atomic E-state index is 0. The smallest absolute Gasteiger partial charge is 1.00 e. The molecule has 5 aromatic rings. The van der Waals surface area contributed by atoms with Crippen molar-refractivity contribution in [1.82, 2.24) is 48.0 Å². The number of carboxylic acid groups (broad SMARTS) is 1. The second kappa shape index (κ2) is 48.1. The predicted molar refractivity (Wildman–Crippen MR) is 452 cm³/mol. The number of hydrogen-bond acceptors (Lipinski definition) is 23. The van der Waals surface area contributed by atoms with Crippen molar-refractivity contribution in [3.05, 3.63) is 108 Å². The van der Waals surface area contributed by atoms with Crippen LogP contribution in [-0.4, -0.2) is 242 Å². The molecule has 28 nitrogen and oxygen atoms in total. The van der Waals surface area contributed by atoms with Crippen LogP contribution in [0.3, 0.4) is 0 Å². The average molecular weight is 1890 g/mol. The van der Waals surface area contributed by atoms with Crippen LogP contribution in [0.15, 0.2) is 99.9 Å². The zero-order chi connectivity index (χ0) is 80.0. The fourth-order valence-corrected chi connectivity index (χ4v) is 16.5. The van der Waals surface area contributed by atoms with Gasteiger partial charge in [-0.25, -0.2) is 45.0 Å². The first kappa shape index (κ1) is 102. The van der Waals surface area contributed by atoms with Gasteiger partial charge in [0.05, 0.1) is 40.6 Å². The van der Waals surface area contributed by atoms with Gasteiger partial charge < -0.3 is 70.6 Å². The van der Waals surface area contributed by atoms with Crippen molar-refractivity contribution in [2.24, 2.45) is 11.5 Å². The van der Waals surface area contributed by atoms with E-state index in [1.165, 1.54) is 55.6 Å². The Bertz CT molecular complexity index is 3970.